The Labute approximate surface area is 185 Å². The summed E-state index contributed by atoms with van der Waals surface area (Å²) in [6.45, 7) is 0. The largest absolute Gasteiger partial charge is 0.469 e. The van der Waals surface area contributed by atoms with E-state index in [1.807, 2.05) is 17.0 Å². The molecule has 7 nitrogen and oxygen atoms in total. The molecule has 0 unspecified atom stereocenters. The molecule has 0 amide bonds. The topological polar surface area (TPSA) is 81.8 Å². The molecule has 0 saturated heterocycles. The third-order valence-corrected chi connectivity index (χ3v) is 6.31. The highest BCUT2D eigenvalue weighted by atomic mass is 19.1. The average molecular weight is 431 g/mol. The van der Waals surface area contributed by atoms with Crippen LogP contribution >= 0.6 is 0 Å². The van der Waals surface area contributed by atoms with Gasteiger partial charge in [0.05, 0.1) is 23.7 Å². The third kappa shape index (κ3) is 3.67. The van der Waals surface area contributed by atoms with Gasteiger partial charge in [0.2, 0.25) is 5.95 Å². The van der Waals surface area contributed by atoms with Gasteiger partial charge in [-0.25, -0.2) is 19.0 Å². The second kappa shape index (κ2) is 7.88. The van der Waals surface area contributed by atoms with E-state index in [1.54, 1.807) is 18.3 Å². The van der Waals surface area contributed by atoms with E-state index in [4.69, 9.17) is 10.1 Å². The van der Waals surface area contributed by atoms with Crippen LogP contribution in [0.1, 0.15) is 44.2 Å². The Hall–Kier alpha value is -3.51. The van der Waals surface area contributed by atoms with Crippen LogP contribution in [0, 0.1) is 5.82 Å². The average Bonchev–Trinajstić information content (AvgIpc) is 3.31. The van der Waals surface area contributed by atoms with Gasteiger partial charge in [0.25, 0.3) is 0 Å². The first-order valence-corrected chi connectivity index (χ1v) is 11.4. The van der Waals surface area contributed by atoms with Crippen molar-refractivity contribution < 1.29 is 4.39 Å². The molecule has 0 spiro atoms. The molecule has 32 heavy (non-hydrogen) atoms. The van der Waals surface area contributed by atoms with Crippen LogP contribution in [0.2, 0.25) is 0 Å². The molecule has 8 heteroatoms. The van der Waals surface area contributed by atoms with E-state index in [0.29, 0.717) is 24.5 Å². The number of halogens is 1. The van der Waals surface area contributed by atoms with E-state index in [2.05, 4.69) is 20.3 Å². The predicted octanol–water partition coefficient (Wildman–Crippen LogP) is 3.15. The summed E-state index contributed by atoms with van der Waals surface area (Å²) < 4.78 is 20.2. The van der Waals surface area contributed by atoms with Crippen molar-refractivity contribution in [3.8, 4) is 22.5 Å². The van der Waals surface area contributed by atoms with Crippen molar-refractivity contribution in [2.75, 3.05) is 5.32 Å². The normalized spacial score (nSPS) is 17.8. The van der Waals surface area contributed by atoms with Crippen LogP contribution in [-0.2, 0) is 6.42 Å². The number of hydrogen-bond acceptors (Lipinski definition) is 5. The zero-order chi connectivity index (χ0) is 21.5. The molecule has 1 aromatic carbocycles. The number of nitrogens with one attached hydrogen (secondary N) is 2. The number of aromatic nitrogens is 4. The maximum atomic E-state index is 13.6. The minimum atomic E-state index is -0.268. The number of benzene rings is 1. The summed E-state index contributed by atoms with van der Waals surface area (Å²) in [5.41, 5.74) is 4.39. The standard InChI is InChI=1S/C24H24FN7/c25-16-7-5-15(6-8-16)22-21(19-11-13-26-23(30-19)28-18-9-10-18)20-12-14-27-24(32(20)31-22)29-17-3-1-2-4-17/h5-8,11,13-14,17-18H,1-4,9-10,12H2,(H,26,28,30)/p+1. The van der Waals surface area contributed by atoms with Crippen LogP contribution in [0.5, 0.6) is 0 Å². The first kappa shape index (κ1) is 19.2. The van der Waals surface area contributed by atoms with Crippen LogP contribution in [0.15, 0.2) is 36.5 Å². The van der Waals surface area contributed by atoms with Crippen molar-refractivity contribution >= 4 is 18.1 Å². The van der Waals surface area contributed by atoms with Gasteiger partial charge in [-0.3, -0.25) is 5.32 Å². The molecule has 2 saturated carbocycles. The molecule has 0 atom stereocenters. The monoisotopic (exact) mass is 430 g/mol. The molecule has 2 aliphatic carbocycles. The van der Waals surface area contributed by atoms with Crippen molar-refractivity contribution in [1.82, 2.24) is 29.7 Å². The van der Waals surface area contributed by atoms with Gasteiger partial charge in [-0.1, -0.05) is 4.68 Å². The molecule has 6 rings (SSSR count). The van der Waals surface area contributed by atoms with E-state index in [9.17, 15) is 4.39 Å². The smallest absolute Gasteiger partial charge is 0.351 e. The van der Waals surface area contributed by atoms with E-state index >= 15 is 0 Å². The first-order chi connectivity index (χ1) is 15.7. The molecule has 3 aliphatic rings. The molecule has 0 radical (unpaired) electrons. The fourth-order valence-electron chi connectivity index (χ4n) is 4.50. The first-order valence-electron chi connectivity index (χ1n) is 11.4. The highest BCUT2D eigenvalue weighted by molar-refractivity contribution is 5.93. The molecule has 1 aliphatic heterocycles. The minimum absolute atomic E-state index is 0.268. The van der Waals surface area contributed by atoms with Gasteiger partial charge < -0.3 is 5.32 Å². The van der Waals surface area contributed by atoms with Gasteiger partial charge in [0.1, 0.15) is 23.4 Å². The zero-order valence-electron chi connectivity index (χ0n) is 17.8. The van der Waals surface area contributed by atoms with Gasteiger partial charge in [-0.15, -0.1) is 5.10 Å². The third-order valence-electron chi connectivity index (χ3n) is 6.31. The number of nitrogens with zero attached hydrogens (tertiary/aromatic N) is 5. The summed E-state index contributed by atoms with van der Waals surface area (Å²) in [6.07, 6.45) is 11.4. The van der Waals surface area contributed by atoms with Gasteiger partial charge >= 0.3 is 5.96 Å². The molecule has 2 N–H and O–H groups in total. The Morgan fingerprint density at radius 1 is 0.969 bits per heavy atom. The van der Waals surface area contributed by atoms with Gasteiger partial charge in [-0.2, -0.15) is 0 Å². The Morgan fingerprint density at radius 2 is 1.75 bits per heavy atom. The number of anilines is 1. The highest BCUT2D eigenvalue weighted by Crippen LogP contribution is 2.35. The summed E-state index contributed by atoms with van der Waals surface area (Å²) in [5, 5.41) is 11.9. The van der Waals surface area contributed by atoms with Crippen LogP contribution < -0.4 is 15.3 Å². The molecule has 0 bridgehead atoms. The van der Waals surface area contributed by atoms with Crippen molar-refractivity contribution in [2.45, 2.75) is 57.0 Å². The highest BCUT2D eigenvalue weighted by Gasteiger charge is 2.33. The van der Waals surface area contributed by atoms with Crippen LogP contribution in [-0.4, -0.2) is 44.0 Å². The molecule has 3 heterocycles. The van der Waals surface area contributed by atoms with Crippen molar-refractivity contribution in [1.29, 1.82) is 0 Å². The van der Waals surface area contributed by atoms with Crippen LogP contribution in [0.25, 0.3) is 22.5 Å². The lowest BCUT2D eigenvalue weighted by Gasteiger charge is -2.10. The fraction of sp³-hybridized carbons (Fsp3) is 0.375. The van der Waals surface area contributed by atoms with E-state index in [0.717, 1.165) is 59.9 Å². The number of fused-ring (bicyclic) bond motifs is 1. The molecular weight excluding hydrogens is 405 g/mol. The fourth-order valence-corrected chi connectivity index (χ4v) is 4.50. The lowest BCUT2D eigenvalue weighted by molar-refractivity contribution is 0.609. The maximum Gasteiger partial charge on any atom is 0.469 e. The number of hydrogen-bond donors (Lipinski definition) is 2. The van der Waals surface area contributed by atoms with Crippen LogP contribution in [0.3, 0.4) is 0 Å². The van der Waals surface area contributed by atoms with Crippen molar-refractivity contribution in [3.63, 3.8) is 0 Å². The van der Waals surface area contributed by atoms with Gasteiger partial charge in [-0.05, 0) is 68.9 Å². The van der Waals surface area contributed by atoms with E-state index in [1.165, 1.54) is 25.0 Å². The second-order valence-electron chi connectivity index (χ2n) is 8.74. The molecule has 3 aromatic rings. The minimum Gasteiger partial charge on any atom is -0.351 e. The Balaban J connectivity index is 1.46. The lowest BCUT2D eigenvalue weighted by atomic mass is 10.0. The SMILES string of the molecule is Fc1ccc(-c2nn3c(c2-c2ccnc(NC4CC4)n2)CC=[N+]=C3NC2CCCC2)cc1. The van der Waals surface area contributed by atoms with Gasteiger partial charge in [0, 0.05) is 17.8 Å². The summed E-state index contributed by atoms with van der Waals surface area (Å²) in [7, 11) is 0. The Kier molecular flexibility index (Phi) is 4.72. The molecule has 162 valence electrons. The lowest BCUT2D eigenvalue weighted by Crippen LogP contribution is -2.42. The Morgan fingerprint density at radius 3 is 2.53 bits per heavy atom. The zero-order valence-corrected chi connectivity index (χ0v) is 17.8. The summed E-state index contributed by atoms with van der Waals surface area (Å²) in [6, 6.07) is 9.27. The van der Waals surface area contributed by atoms with E-state index in [-0.39, 0.29) is 5.82 Å². The summed E-state index contributed by atoms with van der Waals surface area (Å²) in [5.74, 6) is 1.11. The second-order valence-corrected chi connectivity index (χ2v) is 8.74. The van der Waals surface area contributed by atoms with E-state index < -0.39 is 0 Å². The van der Waals surface area contributed by atoms with Gasteiger partial charge in [0.15, 0.2) is 0 Å². The summed E-state index contributed by atoms with van der Waals surface area (Å²) >= 11 is 0. The summed E-state index contributed by atoms with van der Waals surface area (Å²) in [4.78, 5) is 9.21. The molecule has 2 aromatic heterocycles. The Bertz CT molecular complexity index is 1210. The van der Waals surface area contributed by atoms with Crippen molar-refractivity contribution in [3.05, 3.63) is 48.0 Å². The van der Waals surface area contributed by atoms with Crippen molar-refractivity contribution in [2.24, 2.45) is 0 Å². The molecular formula is C24H25FN7+. The predicted molar refractivity (Wildman–Crippen MR) is 123 cm³/mol. The molecule has 2 fully saturated rings. The number of rotatable bonds is 5. The quantitative estimate of drug-likeness (QED) is 0.608. The van der Waals surface area contributed by atoms with Crippen LogP contribution in [0.4, 0.5) is 10.3 Å². The maximum absolute atomic E-state index is 13.6.